The summed E-state index contributed by atoms with van der Waals surface area (Å²) in [6, 6.07) is 0.528. The highest BCUT2D eigenvalue weighted by atomic mass is 15.2. The highest BCUT2D eigenvalue weighted by Gasteiger charge is 2.24. The Morgan fingerprint density at radius 2 is 2.32 bits per heavy atom. The minimum absolute atomic E-state index is 0.528. The largest absolute Gasteiger partial charge is 0.333 e. The molecule has 0 amide bonds. The van der Waals surface area contributed by atoms with Gasteiger partial charge in [0.05, 0.1) is 12.0 Å². The van der Waals surface area contributed by atoms with Crippen LogP contribution < -0.4 is 5.32 Å². The van der Waals surface area contributed by atoms with Crippen LogP contribution in [0.25, 0.3) is 0 Å². The lowest BCUT2D eigenvalue weighted by Crippen LogP contribution is -2.29. The minimum atomic E-state index is 0.528. The summed E-state index contributed by atoms with van der Waals surface area (Å²) in [6.07, 6.45) is 9.35. The van der Waals surface area contributed by atoms with Crippen molar-refractivity contribution in [3.8, 4) is 0 Å². The molecule has 19 heavy (non-hydrogen) atoms. The molecule has 0 aliphatic carbocycles. The molecule has 4 heteroatoms. The van der Waals surface area contributed by atoms with Crippen LogP contribution in [0, 0.1) is 5.92 Å². The van der Waals surface area contributed by atoms with Gasteiger partial charge < -0.3 is 14.8 Å². The summed E-state index contributed by atoms with van der Waals surface area (Å²) in [4.78, 5) is 6.94. The van der Waals surface area contributed by atoms with E-state index in [1.54, 1.807) is 0 Å². The second-order valence-corrected chi connectivity index (χ2v) is 6.02. The van der Waals surface area contributed by atoms with E-state index in [1.807, 2.05) is 6.33 Å². The van der Waals surface area contributed by atoms with Crippen LogP contribution in [0.4, 0.5) is 0 Å². The number of aromatic nitrogens is 2. The number of piperidine rings is 1. The van der Waals surface area contributed by atoms with Crippen LogP contribution in [-0.2, 0) is 6.54 Å². The second-order valence-electron chi connectivity index (χ2n) is 6.02. The van der Waals surface area contributed by atoms with Crippen LogP contribution in [0.15, 0.2) is 12.5 Å². The predicted molar refractivity (Wildman–Crippen MR) is 77.0 cm³/mol. The van der Waals surface area contributed by atoms with Gasteiger partial charge in [-0.05, 0) is 44.8 Å². The summed E-state index contributed by atoms with van der Waals surface area (Å²) < 4.78 is 2.40. The van der Waals surface area contributed by atoms with E-state index in [-0.39, 0.29) is 0 Å². The second kappa shape index (κ2) is 6.06. The van der Waals surface area contributed by atoms with E-state index >= 15 is 0 Å². The number of likely N-dealkylation sites (tertiary alicyclic amines) is 1. The molecule has 4 nitrogen and oxygen atoms in total. The molecule has 1 N–H and O–H groups in total. The van der Waals surface area contributed by atoms with Gasteiger partial charge in [0.1, 0.15) is 0 Å². The lowest BCUT2D eigenvalue weighted by molar-refractivity contribution is 0.327. The van der Waals surface area contributed by atoms with Gasteiger partial charge in [-0.15, -0.1) is 0 Å². The maximum Gasteiger partial charge on any atom is 0.0948 e. The van der Waals surface area contributed by atoms with E-state index in [1.165, 1.54) is 51.0 Å². The minimum Gasteiger partial charge on any atom is -0.333 e. The standard InChI is InChI=1S/C15H26N4/c1-2-18-8-6-13(10-18)11-19-12-16-9-15(19)14-5-3-4-7-17-14/h9,12-14,17H,2-8,10-11H2,1H3. The Hall–Kier alpha value is -0.870. The van der Waals surface area contributed by atoms with E-state index in [2.05, 4.69) is 32.9 Å². The molecule has 2 fully saturated rings. The van der Waals surface area contributed by atoms with Crippen molar-refractivity contribution in [3.05, 3.63) is 18.2 Å². The normalized spacial score (nSPS) is 28.9. The van der Waals surface area contributed by atoms with Crippen molar-refractivity contribution < 1.29 is 0 Å². The van der Waals surface area contributed by atoms with Gasteiger partial charge >= 0.3 is 0 Å². The predicted octanol–water partition coefficient (Wildman–Crippen LogP) is 2.04. The lowest BCUT2D eigenvalue weighted by Gasteiger charge is -2.25. The first-order valence-corrected chi connectivity index (χ1v) is 7.82. The molecule has 2 unspecified atom stereocenters. The lowest BCUT2D eigenvalue weighted by atomic mass is 10.0. The number of hydrogen-bond acceptors (Lipinski definition) is 3. The van der Waals surface area contributed by atoms with Gasteiger partial charge in [0.15, 0.2) is 0 Å². The van der Waals surface area contributed by atoms with Crippen LogP contribution in [0.3, 0.4) is 0 Å². The van der Waals surface area contributed by atoms with Gasteiger partial charge in [0.25, 0.3) is 0 Å². The summed E-state index contributed by atoms with van der Waals surface area (Å²) in [7, 11) is 0. The van der Waals surface area contributed by atoms with Gasteiger partial charge in [-0.25, -0.2) is 4.98 Å². The quantitative estimate of drug-likeness (QED) is 0.901. The number of imidazole rings is 1. The molecule has 106 valence electrons. The third kappa shape index (κ3) is 3.00. The van der Waals surface area contributed by atoms with E-state index in [4.69, 9.17) is 0 Å². The molecule has 0 bridgehead atoms. The molecule has 0 aromatic carbocycles. The first-order valence-electron chi connectivity index (χ1n) is 7.82. The summed E-state index contributed by atoms with van der Waals surface area (Å²) in [5.74, 6) is 0.802. The molecular formula is C15H26N4. The fraction of sp³-hybridized carbons (Fsp3) is 0.800. The first kappa shape index (κ1) is 13.1. The average molecular weight is 262 g/mol. The molecule has 2 aliphatic heterocycles. The van der Waals surface area contributed by atoms with Crippen molar-refractivity contribution in [2.45, 2.75) is 45.2 Å². The van der Waals surface area contributed by atoms with Gasteiger partial charge in [-0.2, -0.15) is 0 Å². The molecule has 0 spiro atoms. The van der Waals surface area contributed by atoms with Crippen LogP contribution in [0.2, 0.25) is 0 Å². The maximum absolute atomic E-state index is 4.39. The van der Waals surface area contributed by atoms with Crippen molar-refractivity contribution in [3.63, 3.8) is 0 Å². The van der Waals surface area contributed by atoms with Crippen molar-refractivity contribution in [1.82, 2.24) is 19.8 Å². The molecule has 0 radical (unpaired) electrons. The molecule has 1 aromatic rings. The Kier molecular flexibility index (Phi) is 4.18. The molecule has 2 atom stereocenters. The highest BCUT2D eigenvalue weighted by Crippen LogP contribution is 2.25. The molecule has 2 aliphatic rings. The zero-order valence-electron chi connectivity index (χ0n) is 12.0. The van der Waals surface area contributed by atoms with Crippen molar-refractivity contribution in [2.75, 3.05) is 26.2 Å². The molecule has 2 saturated heterocycles. The molecule has 3 heterocycles. The summed E-state index contributed by atoms with van der Waals surface area (Å²) in [5, 5.41) is 3.64. The van der Waals surface area contributed by atoms with Crippen LogP contribution in [0.5, 0.6) is 0 Å². The van der Waals surface area contributed by atoms with Crippen molar-refractivity contribution >= 4 is 0 Å². The van der Waals surface area contributed by atoms with Gasteiger partial charge in [0, 0.05) is 25.3 Å². The Bertz CT molecular complexity index is 395. The zero-order valence-corrected chi connectivity index (χ0v) is 12.0. The number of hydrogen-bond donors (Lipinski definition) is 1. The number of nitrogens with zero attached hydrogens (tertiary/aromatic N) is 3. The smallest absolute Gasteiger partial charge is 0.0948 e. The molecule has 3 rings (SSSR count). The molecule has 0 saturated carbocycles. The summed E-state index contributed by atoms with van der Waals surface area (Å²) >= 11 is 0. The average Bonchev–Trinajstić information content (AvgIpc) is 3.09. The SMILES string of the molecule is CCN1CCC(Cn2cncc2C2CCCCN2)C1. The van der Waals surface area contributed by atoms with E-state index < -0.39 is 0 Å². The Labute approximate surface area is 116 Å². The number of rotatable bonds is 4. The molecule has 1 aromatic heterocycles. The molecular weight excluding hydrogens is 236 g/mol. The fourth-order valence-corrected chi connectivity index (χ4v) is 3.51. The highest BCUT2D eigenvalue weighted by molar-refractivity contribution is 5.06. The van der Waals surface area contributed by atoms with Crippen molar-refractivity contribution in [1.29, 1.82) is 0 Å². The maximum atomic E-state index is 4.39. The topological polar surface area (TPSA) is 33.1 Å². The van der Waals surface area contributed by atoms with Crippen LogP contribution >= 0.6 is 0 Å². The van der Waals surface area contributed by atoms with Crippen molar-refractivity contribution in [2.24, 2.45) is 5.92 Å². The third-order valence-electron chi connectivity index (χ3n) is 4.68. The first-order chi connectivity index (χ1) is 9.36. The van der Waals surface area contributed by atoms with E-state index in [0.29, 0.717) is 6.04 Å². The van der Waals surface area contributed by atoms with Crippen LogP contribution in [0.1, 0.15) is 44.3 Å². The number of nitrogens with one attached hydrogen (secondary N) is 1. The summed E-state index contributed by atoms with van der Waals surface area (Å²) in [5.41, 5.74) is 1.40. The van der Waals surface area contributed by atoms with Gasteiger partial charge in [-0.3, -0.25) is 0 Å². The monoisotopic (exact) mass is 262 g/mol. The van der Waals surface area contributed by atoms with E-state index in [9.17, 15) is 0 Å². The Balaban J connectivity index is 1.63. The zero-order chi connectivity index (χ0) is 13.1. The third-order valence-corrected chi connectivity index (χ3v) is 4.68. The van der Waals surface area contributed by atoms with Crippen LogP contribution in [-0.4, -0.2) is 40.6 Å². The summed E-state index contributed by atoms with van der Waals surface area (Å²) in [6.45, 7) is 8.28. The van der Waals surface area contributed by atoms with E-state index in [0.717, 1.165) is 19.0 Å². The van der Waals surface area contributed by atoms with Gasteiger partial charge in [-0.1, -0.05) is 13.3 Å². The fourth-order valence-electron chi connectivity index (χ4n) is 3.51. The Morgan fingerprint density at radius 1 is 1.37 bits per heavy atom. The Morgan fingerprint density at radius 3 is 3.05 bits per heavy atom. The van der Waals surface area contributed by atoms with Gasteiger partial charge in [0.2, 0.25) is 0 Å².